The van der Waals surface area contributed by atoms with Crippen molar-refractivity contribution in [3.05, 3.63) is 0 Å². The Balaban J connectivity index is 2.29. The first-order valence-electron chi connectivity index (χ1n) is 4.10. The van der Waals surface area contributed by atoms with E-state index < -0.39 is 12.3 Å². The van der Waals surface area contributed by atoms with Gasteiger partial charge in [-0.25, -0.2) is 4.39 Å². The molecule has 3 unspecified atom stereocenters. The Labute approximate surface area is 66.4 Å². The zero-order chi connectivity index (χ0) is 8.27. The molecule has 3 heteroatoms. The molecule has 0 aromatic heterocycles. The highest BCUT2D eigenvalue weighted by atomic mass is 19.1. The van der Waals surface area contributed by atoms with Gasteiger partial charge in [0.05, 0.1) is 18.9 Å². The molecule has 3 atom stereocenters. The SMILES string of the molecule is CC(F)CC1CCOCC1O. The molecule has 1 heterocycles. The molecule has 0 aromatic carbocycles. The van der Waals surface area contributed by atoms with Crippen molar-refractivity contribution in [3.63, 3.8) is 0 Å². The van der Waals surface area contributed by atoms with E-state index in [9.17, 15) is 9.50 Å². The summed E-state index contributed by atoms with van der Waals surface area (Å²) in [5.74, 6) is 0.101. The molecule has 0 bridgehead atoms. The maximum atomic E-state index is 12.5. The molecule has 1 fully saturated rings. The molecule has 11 heavy (non-hydrogen) atoms. The normalized spacial score (nSPS) is 35.2. The molecule has 0 saturated carbocycles. The van der Waals surface area contributed by atoms with E-state index in [0.29, 0.717) is 19.6 Å². The molecular formula is C8H15FO2. The maximum absolute atomic E-state index is 12.5. The molecule has 1 saturated heterocycles. The standard InChI is InChI=1S/C8H15FO2/c1-6(9)4-7-2-3-11-5-8(7)10/h6-8,10H,2-5H2,1H3. The summed E-state index contributed by atoms with van der Waals surface area (Å²) in [6.45, 7) is 2.56. The van der Waals surface area contributed by atoms with Crippen molar-refractivity contribution in [2.75, 3.05) is 13.2 Å². The minimum Gasteiger partial charge on any atom is -0.390 e. The largest absolute Gasteiger partial charge is 0.390 e. The quantitative estimate of drug-likeness (QED) is 0.659. The van der Waals surface area contributed by atoms with E-state index in [4.69, 9.17) is 4.74 Å². The van der Waals surface area contributed by atoms with E-state index in [0.717, 1.165) is 6.42 Å². The molecule has 2 nitrogen and oxygen atoms in total. The molecule has 1 aliphatic rings. The van der Waals surface area contributed by atoms with Crippen LogP contribution in [0.2, 0.25) is 0 Å². The summed E-state index contributed by atoms with van der Waals surface area (Å²) in [6.07, 6.45) is -0.0188. The second-order valence-corrected chi connectivity index (χ2v) is 3.21. The van der Waals surface area contributed by atoms with Crippen LogP contribution in [0.5, 0.6) is 0 Å². The molecule has 0 aromatic rings. The van der Waals surface area contributed by atoms with Gasteiger partial charge < -0.3 is 9.84 Å². The summed E-state index contributed by atoms with van der Waals surface area (Å²) in [6, 6.07) is 0. The maximum Gasteiger partial charge on any atom is 0.0977 e. The number of hydrogen-bond donors (Lipinski definition) is 1. The van der Waals surface area contributed by atoms with Crippen LogP contribution in [-0.2, 0) is 4.74 Å². The Hall–Kier alpha value is -0.150. The molecule has 1 aliphatic heterocycles. The number of aliphatic hydroxyl groups is 1. The second kappa shape index (κ2) is 4.02. The van der Waals surface area contributed by atoms with Crippen LogP contribution in [0.15, 0.2) is 0 Å². The van der Waals surface area contributed by atoms with Crippen LogP contribution in [0.3, 0.4) is 0 Å². The van der Waals surface area contributed by atoms with Gasteiger partial charge in [-0.2, -0.15) is 0 Å². The van der Waals surface area contributed by atoms with Gasteiger partial charge in [-0.1, -0.05) is 0 Å². The lowest BCUT2D eigenvalue weighted by atomic mass is 9.92. The molecule has 0 radical (unpaired) electrons. The first-order valence-corrected chi connectivity index (χ1v) is 4.10. The van der Waals surface area contributed by atoms with Crippen molar-refractivity contribution in [1.29, 1.82) is 0 Å². The first kappa shape index (κ1) is 8.94. The van der Waals surface area contributed by atoms with Crippen LogP contribution < -0.4 is 0 Å². The number of alkyl halides is 1. The van der Waals surface area contributed by atoms with Crippen molar-refractivity contribution in [3.8, 4) is 0 Å². The molecule has 1 rings (SSSR count). The Morgan fingerprint density at radius 3 is 3.00 bits per heavy atom. The summed E-state index contributed by atoms with van der Waals surface area (Å²) in [4.78, 5) is 0. The van der Waals surface area contributed by atoms with Crippen LogP contribution in [0, 0.1) is 5.92 Å². The fourth-order valence-electron chi connectivity index (χ4n) is 1.46. The van der Waals surface area contributed by atoms with Crippen LogP contribution >= 0.6 is 0 Å². The van der Waals surface area contributed by atoms with Crippen LogP contribution in [0.4, 0.5) is 4.39 Å². The van der Waals surface area contributed by atoms with E-state index in [-0.39, 0.29) is 5.92 Å². The lowest BCUT2D eigenvalue weighted by molar-refractivity contribution is -0.0509. The monoisotopic (exact) mass is 162 g/mol. The average molecular weight is 162 g/mol. The predicted octanol–water partition coefficient (Wildman–Crippen LogP) is 1.13. The minimum atomic E-state index is -0.812. The highest BCUT2D eigenvalue weighted by Gasteiger charge is 2.24. The first-order chi connectivity index (χ1) is 5.20. The third-order valence-corrected chi connectivity index (χ3v) is 2.09. The van der Waals surface area contributed by atoms with Crippen LogP contribution in [-0.4, -0.2) is 30.6 Å². The highest BCUT2D eigenvalue weighted by molar-refractivity contribution is 4.74. The van der Waals surface area contributed by atoms with E-state index in [1.165, 1.54) is 6.92 Å². The van der Waals surface area contributed by atoms with Gasteiger partial charge in [0.15, 0.2) is 0 Å². The van der Waals surface area contributed by atoms with Crippen molar-refractivity contribution < 1.29 is 14.2 Å². The van der Waals surface area contributed by atoms with Crippen molar-refractivity contribution >= 4 is 0 Å². The zero-order valence-electron chi connectivity index (χ0n) is 6.79. The van der Waals surface area contributed by atoms with Crippen LogP contribution in [0.25, 0.3) is 0 Å². The number of rotatable bonds is 2. The van der Waals surface area contributed by atoms with E-state index in [1.807, 2.05) is 0 Å². The lowest BCUT2D eigenvalue weighted by Gasteiger charge is -2.27. The van der Waals surface area contributed by atoms with Gasteiger partial charge in [-0.05, 0) is 25.7 Å². The van der Waals surface area contributed by atoms with Gasteiger partial charge in [-0.3, -0.25) is 0 Å². The number of ether oxygens (including phenoxy) is 1. The van der Waals surface area contributed by atoms with E-state index in [1.54, 1.807) is 0 Å². The van der Waals surface area contributed by atoms with E-state index in [2.05, 4.69) is 0 Å². The Morgan fingerprint density at radius 1 is 1.73 bits per heavy atom. The molecule has 1 N–H and O–H groups in total. The summed E-state index contributed by atoms with van der Waals surface area (Å²) in [5, 5.41) is 9.33. The highest BCUT2D eigenvalue weighted by Crippen LogP contribution is 2.21. The van der Waals surface area contributed by atoms with Crippen LogP contribution in [0.1, 0.15) is 19.8 Å². The predicted molar refractivity (Wildman–Crippen MR) is 40.1 cm³/mol. The van der Waals surface area contributed by atoms with Gasteiger partial charge in [0.25, 0.3) is 0 Å². The van der Waals surface area contributed by atoms with Gasteiger partial charge in [0.2, 0.25) is 0 Å². The minimum absolute atomic E-state index is 0.101. The second-order valence-electron chi connectivity index (χ2n) is 3.21. The van der Waals surface area contributed by atoms with Crippen molar-refractivity contribution in [2.24, 2.45) is 5.92 Å². The molecule has 0 spiro atoms. The fourth-order valence-corrected chi connectivity index (χ4v) is 1.46. The van der Waals surface area contributed by atoms with Gasteiger partial charge in [-0.15, -0.1) is 0 Å². The Kier molecular flexibility index (Phi) is 3.27. The average Bonchev–Trinajstić information content (AvgIpc) is 1.93. The summed E-state index contributed by atoms with van der Waals surface area (Å²) >= 11 is 0. The summed E-state index contributed by atoms with van der Waals surface area (Å²) in [7, 11) is 0. The van der Waals surface area contributed by atoms with Crippen molar-refractivity contribution in [2.45, 2.75) is 32.0 Å². The summed E-state index contributed by atoms with van der Waals surface area (Å²) in [5.41, 5.74) is 0. The Morgan fingerprint density at radius 2 is 2.45 bits per heavy atom. The van der Waals surface area contributed by atoms with Gasteiger partial charge in [0, 0.05) is 6.61 Å². The molecule has 0 aliphatic carbocycles. The zero-order valence-corrected chi connectivity index (χ0v) is 6.79. The molecule has 66 valence electrons. The lowest BCUT2D eigenvalue weighted by Crippen LogP contribution is -2.33. The number of halogens is 1. The number of hydrogen-bond acceptors (Lipinski definition) is 2. The topological polar surface area (TPSA) is 29.5 Å². The third-order valence-electron chi connectivity index (χ3n) is 2.09. The smallest absolute Gasteiger partial charge is 0.0977 e. The third kappa shape index (κ3) is 2.75. The van der Waals surface area contributed by atoms with Crippen molar-refractivity contribution in [1.82, 2.24) is 0 Å². The molecular weight excluding hydrogens is 147 g/mol. The van der Waals surface area contributed by atoms with Gasteiger partial charge in [0.1, 0.15) is 0 Å². The van der Waals surface area contributed by atoms with Gasteiger partial charge >= 0.3 is 0 Å². The number of aliphatic hydroxyl groups excluding tert-OH is 1. The Bertz CT molecular complexity index is 117. The van der Waals surface area contributed by atoms with E-state index >= 15 is 0 Å². The fraction of sp³-hybridized carbons (Fsp3) is 1.00. The summed E-state index contributed by atoms with van der Waals surface area (Å²) < 4.78 is 17.5. The molecule has 0 amide bonds.